The second-order valence-electron chi connectivity index (χ2n) is 5.30. The molecule has 0 saturated carbocycles. The van der Waals surface area contributed by atoms with Gasteiger partial charge < -0.3 is 10.3 Å². The summed E-state index contributed by atoms with van der Waals surface area (Å²) in [5, 5.41) is 4.99. The molecular weight excluding hydrogens is 338 g/mol. The molecule has 2 aromatic heterocycles. The van der Waals surface area contributed by atoms with Crippen LogP contribution in [0, 0.1) is 0 Å². The van der Waals surface area contributed by atoms with Crippen LogP contribution in [0.1, 0.15) is 11.4 Å². The first-order valence-corrected chi connectivity index (χ1v) is 9.81. The number of carbonyl (C=O) groups is 1. The molecule has 0 bridgehead atoms. The van der Waals surface area contributed by atoms with Gasteiger partial charge in [0.2, 0.25) is 5.91 Å². The van der Waals surface area contributed by atoms with Crippen LogP contribution in [0.25, 0.3) is 10.6 Å². The normalized spacial score (nSPS) is 10.7. The van der Waals surface area contributed by atoms with Crippen LogP contribution in [0.5, 0.6) is 0 Å². The molecule has 0 fully saturated rings. The molecule has 124 valence electrons. The Labute approximate surface area is 149 Å². The highest BCUT2D eigenvalue weighted by Gasteiger charge is 2.05. The van der Waals surface area contributed by atoms with Gasteiger partial charge in [0.15, 0.2) is 0 Å². The quantitative estimate of drug-likeness (QED) is 0.646. The van der Waals surface area contributed by atoms with Crippen LogP contribution in [0.4, 0.5) is 0 Å². The Kier molecular flexibility index (Phi) is 6.09. The van der Waals surface area contributed by atoms with Crippen molar-refractivity contribution in [2.75, 3.05) is 12.3 Å². The molecule has 0 atom stereocenters. The summed E-state index contributed by atoms with van der Waals surface area (Å²) in [5.74, 6) is 2.31. The summed E-state index contributed by atoms with van der Waals surface area (Å²) in [6.07, 6.45) is 2.55. The van der Waals surface area contributed by atoms with Crippen molar-refractivity contribution in [3.05, 3.63) is 65.4 Å². The largest absolute Gasteiger partial charge is 0.355 e. The summed E-state index contributed by atoms with van der Waals surface area (Å²) < 4.78 is 0. The number of hydrogen-bond donors (Lipinski definition) is 2. The maximum absolute atomic E-state index is 11.9. The van der Waals surface area contributed by atoms with Crippen molar-refractivity contribution in [2.45, 2.75) is 12.2 Å². The van der Waals surface area contributed by atoms with E-state index in [0.717, 1.165) is 17.3 Å². The minimum Gasteiger partial charge on any atom is -0.355 e. The Balaban J connectivity index is 1.35. The van der Waals surface area contributed by atoms with E-state index in [2.05, 4.69) is 33.5 Å². The Morgan fingerprint density at radius 1 is 1.21 bits per heavy atom. The number of aromatic amines is 1. The van der Waals surface area contributed by atoms with Crippen LogP contribution in [0.2, 0.25) is 0 Å². The summed E-state index contributed by atoms with van der Waals surface area (Å²) in [6, 6.07) is 14.3. The molecule has 0 unspecified atom stereocenters. The second kappa shape index (κ2) is 8.70. The van der Waals surface area contributed by atoms with Crippen LogP contribution >= 0.6 is 23.1 Å². The van der Waals surface area contributed by atoms with E-state index >= 15 is 0 Å². The third-order valence-corrected chi connectivity index (χ3v) is 5.35. The number of carbonyl (C=O) groups excluding carboxylic acids is 1. The first kappa shape index (κ1) is 16.8. The average Bonchev–Trinajstić information content (AvgIpc) is 3.27. The van der Waals surface area contributed by atoms with Gasteiger partial charge in [0.1, 0.15) is 5.82 Å². The number of hydrogen-bond acceptors (Lipinski definition) is 4. The molecule has 3 rings (SSSR count). The van der Waals surface area contributed by atoms with Gasteiger partial charge in [-0.3, -0.25) is 4.79 Å². The van der Waals surface area contributed by atoms with Gasteiger partial charge in [0.05, 0.1) is 22.5 Å². The van der Waals surface area contributed by atoms with E-state index in [4.69, 9.17) is 0 Å². The summed E-state index contributed by atoms with van der Waals surface area (Å²) in [5.41, 5.74) is 2.27. The fraction of sp³-hybridized carbons (Fsp3) is 0.222. The molecular formula is C18H19N3OS2. The fourth-order valence-corrected chi connectivity index (χ4v) is 3.76. The van der Waals surface area contributed by atoms with Crippen LogP contribution < -0.4 is 5.32 Å². The van der Waals surface area contributed by atoms with E-state index in [1.807, 2.05) is 35.8 Å². The van der Waals surface area contributed by atoms with Crippen molar-refractivity contribution >= 4 is 29.0 Å². The fourth-order valence-electron chi connectivity index (χ4n) is 2.25. The molecule has 0 aliphatic rings. The summed E-state index contributed by atoms with van der Waals surface area (Å²) >= 11 is 3.31. The van der Waals surface area contributed by atoms with Crippen LogP contribution in [-0.2, 0) is 17.0 Å². The van der Waals surface area contributed by atoms with Crippen molar-refractivity contribution in [1.82, 2.24) is 15.3 Å². The molecule has 4 nitrogen and oxygen atoms in total. The molecule has 0 radical (unpaired) electrons. The van der Waals surface area contributed by atoms with Gasteiger partial charge >= 0.3 is 0 Å². The van der Waals surface area contributed by atoms with Crippen LogP contribution in [-0.4, -0.2) is 28.2 Å². The number of aromatic nitrogens is 2. The smallest absolute Gasteiger partial charge is 0.230 e. The lowest BCUT2D eigenvalue weighted by Gasteiger charge is -2.04. The van der Waals surface area contributed by atoms with Crippen LogP contribution in [0.15, 0.2) is 54.0 Å². The molecule has 2 heterocycles. The van der Waals surface area contributed by atoms with Gasteiger partial charge in [-0.1, -0.05) is 36.4 Å². The van der Waals surface area contributed by atoms with Gasteiger partial charge in [0, 0.05) is 18.7 Å². The lowest BCUT2D eigenvalue weighted by atomic mass is 10.2. The third-order valence-electron chi connectivity index (χ3n) is 3.44. The van der Waals surface area contributed by atoms with Crippen molar-refractivity contribution < 1.29 is 4.79 Å². The van der Waals surface area contributed by atoms with Crippen molar-refractivity contribution in [2.24, 2.45) is 0 Å². The van der Waals surface area contributed by atoms with Gasteiger partial charge in [-0.2, -0.15) is 0 Å². The minimum absolute atomic E-state index is 0.0703. The molecule has 24 heavy (non-hydrogen) atoms. The molecule has 0 saturated heterocycles. The average molecular weight is 358 g/mol. The summed E-state index contributed by atoms with van der Waals surface area (Å²) in [7, 11) is 0. The number of thioether (sulfide) groups is 1. The monoisotopic (exact) mass is 357 g/mol. The standard InChI is InChI=1S/C18H19N3OS2/c22-18(13-23-12-14-5-2-1-3-6-14)19-9-8-17-20-11-15(21-17)16-7-4-10-24-16/h1-7,10-11H,8-9,12-13H2,(H,19,22)(H,20,21). The van der Waals surface area contributed by atoms with E-state index in [1.165, 1.54) is 10.4 Å². The van der Waals surface area contributed by atoms with Gasteiger partial charge in [-0.15, -0.1) is 23.1 Å². The highest BCUT2D eigenvalue weighted by Crippen LogP contribution is 2.22. The zero-order valence-electron chi connectivity index (χ0n) is 13.2. The first-order chi connectivity index (χ1) is 11.8. The van der Waals surface area contributed by atoms with E-state index in [9.17, 15) is 4.79 Å². The molecule has 0 aliphatic heterocycles. The minimum atomic E-state index is 0.0703. The Hall–Kier alpha value is -2.05. The zero-order valence-corrected chi connectivity index (χ0v) is 14.8. The molecule has 3 aromatic rings. The predicted octanol–water partition coefficient (Wildman–Crippen LogP) is 3.73. The van der Waals surface area contributed by atoms with E-state index in [1.54, 1.807) is 23.1 Å². The highest BCUT2D eigenvalue weighted by atomic mass is 32.2. The number of H-pyrrole nitrogens is 1. The number of thiophene rings is 1. The topological polar surface area (TPSA) is 57.8 Å². The molecule has 0 aliphatic carbocycles. The Bertz CT molecular complexity index is 754. The SMILES string of the molecule is O=C(CSCc1ccccc1)NCCc1ncc(-c2cccs2)[nH]1. The van der Waals surface area contributed by atoms with Crippen molar-refractivity contribution in [3.8, 4) is 10.6 Å². The van der Waals surface area contributed by atoms with Crippen LogP contribution in [0.3, 0.4) is 0 Å². The maximum atomic E-state index is 11.9. The van der Waals surface area contributed by atoms with Gasteiger partial charge in [-0.25, -0.2) is 4.98 Å². The number of amides is 1. The molecule has 0 spiro atoms. The Morgan fingerprint density at radius 2 is 2.08 bits per heavy atom. The van der Waals surface area contributed by atoms with E-state index in [0.29, 0.717) is 18.7 Å². The number of nitrogens with zero attached hydrogens (tertiary/aromatic N) is 1. The maximum Gasteiger partial charge on any atom is 0.230 e. The van der Waals surface area contributed by atoms with E-state index < -0.39 is 0 Å². The predicted molar refractivity (Wildman–Crippen MR) is 101 cm³/mol. The molecule has 1 aromatic carbocycles. The summed E-state index contributed by atoms with van der Waals surface area (Å²) in [6.45, 7) is 0.599. The number of rotatable bonds is 8. The van der Waals surface area contributed by atoms with Crippen molar-refractivity contribution in [1.29, 1.82) is 0 Å². The van der Waals surface area contributed by atoms with Crippen molar-refractivity contribution in [3.63, 3.8) is 0 Å². The lowest BCUT2D eigenvalue weighted by Crippen LogP contribution is -2.27. The zero-order chi connectivity index (χ0) is 16.6. The number of benzene rings is 1. The number of imidazole rings is 1. The Morgan fingerprint density at radius 3 is 2.88 bits per heavy atom. The van der Waals surface area contributed by atoms with Gasteiger partial charge in [-0.05, 0) is 17.0 Å². The third kappa shape index (κ3) is 4.97. The summed E-state index contributed by atoms with van der Waals surface area (Å²) in [4.78, 5) is 20.7. The highest BCUT2D eigenvalue weighted by molar-refractivity contribution is 7.99. The number of nitrogens with one attached hydrogen (secondary N) is 2. The second-order valence-corrected chi connectivity index (χ2v) is 7.23. The molecule has 2 N–H and O–H groups in total. The lowest BCUT2D eigenvalue weighted by molar-refractivity contribution is -0.118. The van der Waals surface area contributed by atoms with Gasteiger partial charge in [0.25, 0.3) is 0 Å². The molecule has 6 heteroatoms. The van der Waals surface area contributed by atoms with E-state index in [-0.39, 0.29) is 5.91 Å². The first-order valence-electron chi connectivity index (χ1n) is 7.77. The molecule has 1 amide bonds.